The zero-order valence-electron chi connectivity index (χ0n) is 15.4. The molecule has 0 saturated carbocycles. The van der Waals surface area contributed by atoms with Crippen LogP contribution in [-0.2, 0) is 16.1 Å². The van der Waals surface area contributed by atoms with E-state index in [1.165, 1.54) is 10.8 Å². The topological polar surface area (TPSA) is 82.5 Å². The molecule has 0 spiro atoms. The van der Waals surface area contributed by atoms with Crippen LogP contribution in [0.25, 0.3) is 11.0 Å². The zero-order valence-corrected chi connectivity index (χ0v) is 15.4. The van der Waals surface area contributed by atoms with Gasteiger partial charge >= 0.3 is 12.2 Å². The minimum absolute atomic E-state index is 0.178. The number of carbonyl (C=O) groups is 2. The van der Waals surface area contributed by atoms with E-state index in [2.05, 4.69) is 10.3 Å². The molecule has 1 aromatic carbocycles. The molecule has 1 amide bonds. The van der Waals surface area contributed by atoms with E-state index in [1.54, 1.807) is 39.1 Å². The summed E-state index contributed by atoms with van der Waals surface area (Å²) < 4.78 is 11.9. The van der Waals surface area contributed by atoms with Crippen LogP contribution in [0, 0.1) is 0 Å². The van der Waals surface area contributed by atoms with Gasteiger partial charge in [-0.3, -0.25) is 5.32 Å². The van der Waals surface area contributed by atoms with Crippen molar-refractivity contribution in [3.63, 3.8) is 0 Å². The van der Waals surface area contributed by atoms with Crippen LogP contribution >= 0.6 is 0 Å². The maximum Gasteiger partial charge on any atom is 0.420 e. The average molecular weight is 367 g/mol. The van der Waals surface area contributed by atoms with Crippen molar-refractivity contribution in [1.82, 2.24) is 9.55 Å². The van der Waals surface area contributed by atoms with E-state index in [-0.39, 0.29) is 6.61 Å². The third-order valence-electron chi connectivity index (χ3n) is 3.58. The summed E-state index contributed by atoms with van der Waals surface area (Å²) >= 11 is 0. The Morgan fingerprint density at radius 1 is 1.15 bits per heavy atom. The quantitative estimate of drug-likeness (QED) is 0.733. The predicted molar refractivity (Wildman–Crippen MR) is 102 cm³/mol. The normalized spacial score (nSPS) is 11.2. The van der Waals surface area contributed by atoms with Gasteiger partial charge in [0.15, 0.2) is 0 Å². The van der Waals surface area contributed by atoms with Gasteiger partial charge in [0.05, 0.1) is 11.9 Å². The minimum Gasteiger partial charge on any atom is -0.444 e. The van der Waals surface area contributed by atoms with Gasteiger partial charge in [-0.15, -0.1) is 0 Å². The van der Waals surface area contributed by atoms with Crippen molar-refractivity contribution >= 4 is 28.9 Å². The van der Waals surface area contributed by atoms with E-state index in [0.29, 0.717) is 16.7 Å². The molecule has 7 heteroatoms. The first kappa shape index (κ1) is 18.4. The Bertz CT molecular complexity index is 958. The second-order valence-corrected chi connectivity index (χ2v) is 6.99. The lowest BCUT2D eigenvalue weighted by molar-refractivity contribution is 0.0543. The number of rotatable bonds is 3. The van der Waals surface area contributed by atoms with Gasteiger partial charge in [0.25, 0.3) is 0 Å². The number of pyridine rings is 1. The molecule has 0 saturated heterocycles. The maximum atomic E-state index is 12.2. The number of amides is 1. The first-order chi connectivity index (χ1) is 12.8. The summed E-state index contributed by atoms with van der Waals surface area (Å²) in [6, 6.07) is 12.8. The molecule has 0 radical (unpaired) electrons. The van der Waals surface area contributed by atoms with Gasteiger partial charge in [-0.2, -0.15) is 0 Å². The summed E-state index contributed by atoms with van der Waals surface area (Å²) in [7, 11) is 0. The minimum atomic E-state index is -0.600. The molecule has 2 aromatic heterocycles. The number of nitrogens with zero attached hydrogens (tertiary/aromatic N) is 2. The van der Waals surface area contributed by atoms with Gasteiger partial charge in [-0.25, -0.2) is 19.1 Å². The van der Waals surface area contributed by atoms with Gasteiger partial charge in [-0.05, 0) is 38.5 Å². The number of benzene rings is 1. The van der Waals surface area contributed by atoms with Crippen LogP contribution < -0.4 is 5.32 Å². The first-order valence-corrected chi connectivity index (χ1v) is 8.50. The van der Waals surface area contributed by atoms with Crippen LogP contribution in [0.5, 0.6) is 0 Å². The number of carbonyl (C=O) groups excluding carboxylic acids is 2. The van der Waals surface area contributed by atoms with Crippen LogP contribution in [-0.4, -0.2) is 27.3 Å². The second-order valence-electron chi connectivity index (χ2n) is 6.99. The monoisotopic (exact) mass is 367 g/mol. The lowest BCUT2D eigenvalue weighted by Crippen LogP contribution is -2.26. The Labute approximate surface area is 156 Å². The molecule has 0 atom stereocenters. The third-order valence-corrected chi connectivity index (χ3v) is 3.58. The highest BCUT2D eigenvalue weighted by Gasteiger charge is 2.19. The molecule has 0 aliphatic rings. The number of ether oxygens (including phenoxy) is 2. The molecule has 3 aromatic rings. The summed E-state index contributed by atoms with van der Waals surface area (Å²) in [6.07, 6.45) is 1.97. The van der Waals surface area contributed by atoms with Crippen LogP contribution in [0.1, 0.15) is 26.3 Å². The summed E-state index contributed by atoms with van der Waals surface area (Å²) in [5.41, 5.74) is 1.23. The summed E-state index contributed by atoms with van der Waals surface area (Å²) in [5, 5.41) is 3.33. The summed E-state index contributed by atoms with van der Waals surface area (Å²) in [4.78, 5) is 28.4. The maximum absolute atomic E-state index is 12.2. The Morgan fingerprint density at radius 2 is 1.89 bits per heavy atom. The molecule has 0 aliphatic carbocycles. The number of hydrogen-bond donors (Lipinski definition) is 1. The van der Waals surface area contributed by atoms with Crippen molar-refractivity contribution in [3.05, 3.63) is 60.4 Å². The highest BCUT2D eigenvalue weighted by atomic mass is 16.6. The van der Waals surface area contributed by atoms with Gasteiger partial charge < -0.3 is 9.47 Å². The van der Waals surface area contributed by atoms with E-state index in [4.69, 9.17) is 9.47 Å². The van der Waals surface area contributed by atoms with E-state index in [9.17, 15) is 9.59 Å². The molecule has 0 unspecified atom stereocenters. The van der Waals surface area contributed by atoms with E-state index in [1.807, 2.05) is 30.3 Å². The van der Waals surface area contributed by atoms with Gasteiger partial charge in [0.1, 0.15) is 17.9 Å². The molecular formula is C20H21N3O4. The molecule has 3 rings (SSSR count). The fourth-order valence-electron chi connectivity index (χ4n) is 2.43. The van der Waals surface area contributed by atoms with Crippen molar-refractivity contribution in [2.75, 3.05) is 5.32 Å². The Morgan fingerprint density at radius 3 is 2.59 bits per heavy atom. The number of anilines is 1. The van der Waals surface area contributed by atoms with Gasteiger partial charge in [0.2, 0.25) is 0 Å². The largest absolute Gasteiger partial charge is 0.444 e. The number of hydrogen-bond acceptors (Lipinski definition) is 5. The van der Waals surface area contributed by atoms with Crippen molar-refractivity contribution in [2.24, 2.45) is 0 Å². The first-order valence-electron chi connectivity index (χ1n) is 8.50. The molecule has 0 aliphatic heterocycles. The van der Waals surface area contributed by atoms with Crippen molar-refractivity contribution < 1.29 is 19.1 Å². The standard InChI is InChI=1S/C20H21N3O4/c1-20(2,3)27-19(25)23-10-9-15-11-16(12-21-17(15)23)22-18(24)26-13-14-7-5-4-6-8-14/h4-12H,13H2,1-3H3,(H,22,24). The van der Waals surface area contributed by atoms with E-state index in [0.717, 1.165) is 5.56 Å². The molecular weight excluding hydrogens is 346 g/mol. The van der Waals surface area contributed by atoms with Crippen molar-refractivity contribution in [3.8, 4) is 0 Å². The lowest BCUT2D eigenvalue weighted by atomic mass is 10.2. The van der Waals surface area contributed by atoms with Crippen molar-refractivity contribution in [1.29, 1.82) is 0 Å². The highest BCUT2D eigenvalue weighted by Crippen LogP contribution is 2.20. The van der Waals surface area contributed by atoms with E-state index < -0.39 is 17.8 Å². The number of fused-ring (bicyclic) bond motifs is 1. The Hall–Kier alpha value is -3.35. The molecule has 27 heavy (non-hydrogen) atoms. The third kappa shape index (κ3) is 4.84. The predicted octanol–water partition coefficient (Wildman–Crippen LogP) is 4.57. The number of nitrogens with one attached hydrogen (secondary N) is 1. The fourth-order valence-corrected chi connectivity index (χ4v) is 2.43. The van der Waals surface area contributed by atoms with Crippen LogP contribution in [0.15, 0.2) is 54.9 Å². The smallest absolute Gasteiger partial charge is 0.420 e. The number of aromatic nitrogens is 2. The second kappa shape index (κ2) is 7.49. The van der Waals surface area contributed by atoms with Crippen molar-refractivity contribution in [2.45, 2.75) is 33.0 Å². The van der Waals surface area contributed by atoms with Crippen LogP contribution in [0.2, 0.25) is 0 Å². The Balaban J connectivity index is 1.66. The molecule has 140 valence electrons. The van der Waals surface area contributed by atoms with Crippen LogP contribution in [0.3, 0.4) is 0 Å². The summed E-state index contributed by atoms with van der Waals surface area (Å²) in [6.45, 7) is 5.57. The lowest BCUT2D eigenvalue weighted by Gasteiger charge is -2.19. The highest BCUT2D eigenvalue weighted by molar-refractivity contribution is 5.91. The average Bonchev–Trinajstić information content (AvgIpc) is 3.03. The molecule has 0 fully saturated rings. The fraction of sp³-hybridized carbons (Fsp3) is 0.250. The molecule has 0 bridgehead atoms. The van der Waals surface area contributed by atoms with Crippen LogP contribution in [0.4, 0.5) is 15.3 Å². The molecule has 7 nitrogen and oxygen atoms in total. The molecule has 2 heterocycles. The zero-order chi connectivity index (χ0) is 19.4. The van der Waals surface area contributed by atoms with E-state index >= 15 is 0 Å². The SMILES string of the molecule is CC(C)(C)OC(=O)n1ccc2cc(NC(=O)OCc3ccccc3)cnc21. The van der Waals surface area contributed by atoms with Gasteiger partial charge in [-0.1, -0.05) is 30.3 Å². The summed E-state index contributed by atoms with van der Waals surface area (Å²) in [5.74, 6) is 0. The van der Waals surface area contributed by atoms with Gasteiger partial charge in [0, 0.05) is 11.6 Å². The molecule has 1 N–H and O–H groups in total. The Kier molecular flexibility index (Phi) is 5.12.